The molecule has 4 rings (SSSR count). The first kappa shape index (κ1) is 27.1. The molecule has 0 radical (unpaired) electrons. The number of aryl methyl sites for hydroxylation is 1. The van der Waals surface area contributed by atoms with E-state index < -0.39 is 6.36 Å². The van der Waals surface area contributed by atoms with Crippen LogP contribution in [0.4, 0.5) is 19.0 Å². The molecule has 0 atom stereocenters. The normalized spacial score (nSPS) is 11.8. The minimum absolute atomic E-state index is 0.209. The van der Waals surface area contributed by atoms with Crippen LogP contribution in [0.2, 0.25) is 0 Å². The van der Waals surface area contributed by atoms with Gasteiger partial charge in [0.1, 0.15) is 11.6 Å². The molecule has 3 heterocycles. The number of pyridine rings is 1. The molecule has 9 nitrogen and oxygen atoms in total. The molecule has 0 bridgehead atoms. The Balaban J connectivity index is 1.40. The van der Waals surface area contributed by atoms with Crippen molar-refractivity contribution in [1.29, 1.82) is 0 Å². The minimum atomic E-state index is -4.75. The van der Waals surface area contributed by atoms with Gasteiger partial charge in [0.15, 0.2) is 5.69 Å². The summed E-state index contributed by atoms with van der Waals surface area (Å²) in [7, 11) is 2.04. The highest BCUT2D eigenvalue weighted by atomic mass is 19.4. The van der Waals surface area contributed by atoms with E-state index >= 15 is 0 Å². The largest absolute Gasteiger partial charge is 0.573 e. The Morgan fingerprint density at radius 1 is 1.03 bits per heavy atom. The van der Waals surface area contributed by atoms with Crippen molar-refractivity contribution in [2.45, 2.75) is 33.7 Å². The zero-order valence-corrected chi connectivity index (χ0v) is 21.7. The maximum atomic E-state index is 12.4. The summed E-state index contributed by atoms with van der Waals surface area (Å²) in [6.45, 7) is 10.7. The van der Waals surface area contributed by atoms with Gasteiger partial charge >= 0.3 is 6.36 Å². The van der Waals surface area contributed by atoms with Crippen molar-refractivity contribution in [2.75, 3.05) is 38.1 Å². The molecule has 0 saturated carbocycles. The lowest BCUT2D eigenvalue weighted by atomic mass is 10.2. The lowest BCUT2D eigenvalue weighted by Crippen LogP contribution is -2.33. The molecule has 0 amide bonds. The van der Waals surface area contributed by atoms with E-state index in [0.29, 0.717) is 17.8 Å². The Kier molecular flexibility index (Phi) is 8.30. The average molecular weight is 530 g/mol. The second kappa shape index (κ2) is 11.6. The van der Waals surface area contributed by atoms with Crippen LogP contribution in [-0.4, -0.2) is 69.4 Å². The topological polar surface area (TPSA) is 85.3 Å². The molecular formula is C26H30F3N7O2. The predicted octanol–water partition coefficient (Wildman–Crippen LogP) is 5.03. The molecule has 1 aromatic carbocycles. The van der Waals surface area contributed by atoms with Gasteiger partial charge in [-0.1, -0.05) is 25.1 Å². The zero-order chi connectivity index (χ0) is 27.3. The number of rotatable bonds is 11. The van der Waals surface area contributed by atoms with Crippen LogP contribution in [-0.2, 0) is 6.54 Å². The van der Waals surface area contributed by atoms with E-state index in [9.17, 15) is 13.2 Å². The zero-order valence-electron chi connectivity index (χ0n) is 21.7. The maximum absolute atomic E-state index is 12.4. The first-order valence-corrected chi connectivity index (χ1v) is 12.3. The van der Waals surface area contributed by atoms with E-state index in [1.807, 2.05) is 43.0 Å². The summed E-state index contributed by atoms with van der Waals surface area (Å²) in [6, 6.07) is 11.1. The van der Waals surface area contributed by atoms with Crippen molar-refractivity contribution < 1.29 is 22.4 Å². The molecule has 12 heteroatoms. The smallest absolute Gasteiger partial charge is 0.406 e. The molecule has 0 unspecified atom stereocenters. The third-order valence-corrected chi connectivity index (χ3v) is 6.15. The standard InChI is InChI=1S/C26H30F3N7O2/c1-5-35(6-2)14-13-34(4)23-12-7-19(16-30-23)17-36-18(3)15-22(32-36)25-31-24(33-38-25)20-8-10-21(11-9-20)37-26(27,28)29/h7-12,15-16H,5-6,13-14,17H2,1-4H3. The van der Waals surface area contributed by atoms with E-state index in [0.717, 1.165) is 43.3 Å². The van der Waals surface area contributed by atoms with E-state index in [1.54, 1.807) is 0 Å². The molecule has 202 valence electrons. The number of anilines is 1. The van der Waals surface area contributed by atoms with Crippen LogP contribution in [0.15, 0.2) is 53.2 Å². The van der Waals surface area contributed by atoms with Crippen molar-refractivity contribution in [3.63, 3.8) is 0 Å². The number of hydrogen-bond donors (Lipinski definition) is 0. The van der Waals surface area contributed by atoms with Gasteiger partial charge in [0.2, 0.25) is 5.82 Å². The summed E-state index contributed by atoms with van der Waals surface area (Å²) in [5.41, 5.74) is 2.88. The van der Waals surface area contributed by atoms with Gasteiger partial charge in [-0.05, 0) is 62.0 Å². The van der Waals surface area contributed by atoms with Crippen molar-refractivity contribution in [3.05, 3.63) is 59.9 Å². The first-order chi connectivity index (χ1) is 18.1. The Labute approximate surface area is 218 Å². The van der Waals surface area contributed by atoms with Crippen LogP contribution in [0.5, 0.6) is 5.75 Å². The van der Waals surface area contributed by atoms with Gasteiger partial charge < -0.3 is 19.1 Å². The molecular weight excluding hydrogens is 499 g/mol. The Morgan fingerprint density at radius 2 is 1.76 bits per heavy atom. The summed E-state index contributed by atoms with van der Waals surface area (Å²) in [5.74, 6) is 1.03. The van der Waals surface area contributed by atoms with Crippen LogP contribution < -0.4 is 9.64 Å². The lowest BCUT2D eigenvalue weighted by Gasteiger charge is -2.24. The van der Waals surface area contributed by atoms with Crippen LogP contribution >= 0.6 is 0 Å². The number of alkyl halides is 3. The number of hydrogen-bond acceptors (Lipinski definition) is 8. The molecule has 4 aromatic rings. The summed E-state index contributed by atoms with van der Waals surface area (Å²) < 4.78 is 48.2. The molecule has 0 fully saturated rings. The first-order valence-electron chi connectivity index (χ1n) is 12.3. The highest BCUT2D eigenvalue weighted by Crippen LogP contribution is 2.27. The van der Waals surface area contributed by atoms with Gasteiger partial charge in [-0.3, -0.25) is 4.68 Å². The third kappa shape index (κ3) is 6.88. The van der Waals surface area contributed by atoms with E-state index in [2.05, 4.69) is 48.6 Å². The molecule has 0 saturated heterocycles. The molecule has 0 aliphatic carbocycles. The van der Waals surface area contributed by atoms with Gasteiger partial charge in [0.05, 0.1) is 6.54 Å². The second-order valence-corrected chi connectivity index (χ2v) is 8.80. The van der Waals surface area contributed by atoms with Crippen LogP contribution in [0.1, 0.15) is 25.1 Å². The van der Waals surface area contributed by atoms with Crippen molar-refractivity contribution in [1.82, 2.24) is 29.8 Å². The number of likely N-dealkylation sites (N-methyl/N-ethyl adjacent to an activating group) is 2. The monoisotopic (exact) mass is 529 g/mol. The number of benzene rings is 1. The fourth-order valence-electron chi connectivity index (χ4n) is 3.88. The summed E-state index contributed by atoms with van der Waals surface area (Å²) in [5, 5.41) is 8.53. The van der Waals surface area contributed by atoms with Gasteiger partial charge in [-0.2, -0.15) is 10.1 Å². The van der Waals surface area contributed by atoms with Crippen LogP contribution in [0.3, 0.4) is 0 Å². The molecule has 0 aliphatic rings. The van der Waals surface area contributed by atoms with Gasteiger partial charge in [0, 0.05) is 37.6 Å². The highest BCUT2D eigenvalue weighted by Gasteiger charge is 2.31. The highest BCUT2D eigenvalue weighted by molar-refractivity contribution is 5.59. The van der Waals surface area contributed by atoms with Gasteiger partial charge in [-0.25, -0.2) is 4.98 Å². The SMILES string of the molecule is CCN(CC)CCN(C)c1ccc(Cn2nc(-c3nc(-c4ccc(OC(F)(F)F)cc4)no3)cc2C)cn1. The summed E-state index contributed by atoms with van der Waals surface area (Å²) in [4.78, 5) is 13.5. The van der Waals surface area contributed by atoms with E-state index in [4.69, 9.17) is 4.52 Å². The number of halogens is 3. The third-order valence-electron chi connectivity index (χ3n) is 6.15. The lowest BCUT2D eigenvalue weighted by molar-refractivity contribution is -0.274. The van der Waals surface area contributed by atoms with E-state index in [-0.39, 0.29) is 17.5 Å². The van der Waals surface area contributed by atoms with Crippen LogP contribution in [0.25, 0.3) is 23.0 Å². The van der Waals surface area contributed by atoms with Gasteiger partial charge in [0.25, 0.3) is 5.89 Å². The quantitative estimate of drug-likeness (QED) is 0.268. The fourth-order valence-corrected chi connectivity index (χ4v) is 3.88. The molecule has 0 N–H and O–H groups in total. The fraction of sp³-hybridized carbons (Fsp3) is 0.385. The van der Waals surface area contributed by atoms with E-state index in [1.165, 1.54) is 24.3 Å². The molecule has 3 aromatic heterocycles. The van der Waals surface area contributed by atoms with Gasteiger partial charge in [-0.15, -0.1) is 13.2 Å². The Hall–Kier alpha value is -3.93. The summed E-state index contributed by atoms with van der Waals surface area (Å²) >= 11 is 0. The second-order valence-electron chi connectivity index (χ2n) is 8.80. The molecule has 0 spiro atoms. The predicted molar refractivity (Wildman–Crippen MR) is 137 cm³/mol. The minimum Gasteiger partial charge on any atom is -0.406 e. The number of nitrogens with zero attached hydrogens (tertiary/aromatic N) is 7. The average Bonchev–Trinajstić information content (AvgIpc) is 3.52. The summed E-state index contributed by atoms with van der Waals surface area (Å²) in [6.07, 6.45) is -2.90. The molecule has 0 aliphatic heterocycles. The Morgan fingerprint density at radius 3 is 2.39 bits per heavy atom. The van der Waals surface area contributed by atoms with Crippen LogP contribution in [0, 0.1) is 6.92 Å². The van der Waals surface area contributed by atoms with Crippen molar-refractivity contribution >= 4 is 5.82 Å². The number of aromatic nitrogens is 5. The van der Waals surface area contributed by atoms with Crippen molar-refractivity contribution in [3.8, 4) is 28.7 Å². The molecule has 38 heavy (non-hydrogen) atoms. The number of ether oxygens (including phenoxy) is 1. The maximum Gasteiger partial charge on any atom is 0.573 e. The Bertz CT molecular complexity index is 1310. The van der Waals surface area contributed by atoms with Crippen molar-refractivity contribution in [2.24, 2.45) is 0 Å².